The Morgan fingerprint density at radius 2 is 2.21 bits per heavy atom. The second kappa shape index (κ2) is 7.82. The zero-order valence-corrected chi connectivity index (χ0v) is 12.5. The van der Waals surface area contributed by atoms with Gasteiger partial charge in [-0.1, -0.05) is 0 Å². The van der Waals surface area contributed by atoms with Crippen molar-refractivity contribution in [2.24, 2.45) is 5.73 Å². The number of carbonyl (C=O) groups is 1. The third-order valence-corrected chi connectivity index (χ3v) is 3.72. The Labute approximate surface area is 116 Å². The van der Waals surface area contributed by atoms with Gasteiger partial charge in [0.1, 0.15) is 5.54 Å². The molecule has 0 bridgehead atoms. The topological polar surface area (TPSA) is 64.8 Å². The summed E-state index contributed by atoms with van der Waals surface area (Å²) in [5, 5.41) is 0. The molecule has 1 heterocycles. The molecule has 1 saturated heterocycles. The van der Waals surface area contributed by atoms with Crippen molar-refractivity contribution in [2.75, 3.05) is 33.4 Å². The summed E-state index contributed by atoms with van der Waals surface area (Å²) >= 11 is 0. The van der Waals surface area contributed by atoms with Crippen LogP contribution in [0.15, 0.2) is 0 Å². The molecule has 0 aromatic carbocycles. The zero-order valence-electron chi connectivity index (χ0n) is 12.5. The summed E-state index contributed by atoms with van der Waals surface area (Å²) in [5.74, 6) is -0.296. The molecule has 0 radical (unpaired) electrons. The number of unbranched alkanes of at least 4 members (excludes halogenated alkanes) is 1. The van der Waals surface area contributed by atoms with Gasteiger partial charge in [-0.25, -0.2) is 0 Å². The third-order valence-electron chi connectivity index (χ3n) is 3.72. The number of likely N-dealkylation sites (tertiary alicyclic amines) is 1. The van der Waals surface area contributed by atoms with Crippen molar-refractivity contribution >= 4 is 5.97 Å². The van der Waals surface area contributed by atoms with Crippen LogP contribution < -0.4 is 5.73 Å². The van der Waals surface area contributed by atoms with Gasteiger partial charge in [-0.3, -0.25) is 4.79 Å². The smallest absolute Gasteiger partial charge is 0.325 e. The Hall–Kier alpha value is -0.650. The minimum atomic E-state index is -0.851. The van der Waals surface area contributed by atoms with Gasteiger partial charge in [-0.05, 0) is 46.1 Å². The lowest BCUT2D eigenvalue weighted by atomic mass is 9.96. The van der Waals surface area contributed by atoms with E-state index in [2.05, 4.69) is 4.90 Å². The molecule has 19 heavy (non-hydrogen) atoms. The summed E-state index contributed by atoms with van der Waals surface area (Å²) in [6.45, 7) is 7.12. The van der Waals surface area contributed by atoms with Gasteiger partial charge in [-0.15, -0.1) is 0 Å². The van der Waals surface area contributed by atoms with Crippen LogP contribution in [0.2, 0.25) is 0 Å². The molecule has 0 amide bonds. The zero-order chi connectivity index (χ0) is 14.3. The van der Waals surface area contributed by atoms with Crippen molar-refractivity contribution in [1.82, 2.24) is 4.90 Å². The Morgan fingerprint density at radius 3 is 2.79 bits per heavy atom. The fourth-order valence-electron chi connectivity index (χ4n) is 2.42. The van der Waals surface area contributed by atoms with Crippen molar-refractivity contribution in [1.29, 1.82) is 0 Å². The fourth-order valence-corrected chi connectivity index (χ4v) is 2.42. The first kappa shape index (κ1) is 16.4. The van der Waals surface area contributed by atoms with Crippen LogP contribution in [0.3, 0.4) is 0 Å². The van der Waals surface area contributed by atoms with Gasteiger partial charge in [0, 0.05) is 20.2 Å². The highest BCUT2D eigenvalue weighted by atomic mass is 16.5. The maximum atomic E-state index is 11.6. The number of carbonyl (C=O) groups excluding carboxylic acids is 1. The molecular weight excluding hydrogens is 244 g/mol. The van der Waals surface area contributed by atoms with E-state index in [-0.39, 0.29) is 5.97 Å². The molecule has 2 atom stereocenters. The first-order chi connectivity index (χ1) is 8.99. The number of rotatable bonds is 8. The van der Waals surface area contributed by atoms with Crippen LogP contribution >= 0.6 is 0 Å². The monoisotopic (exact) mass is 272 g/mol. The highest BCUT2D eigenvalue weighted by molar-refractivity contribution is 5.79. The van der Waals surface area contributed by atoms with Gasteiger partial charge in [0.25, 0.3) is 0 Å². The lowest BCUT2D eigenvalue weighted by Gasteiger charge is -2.22. The molecule has 0 saturated carbocycles. The van der Waals surface area contributed by atoms with Crippen molar-refractivity contribution in [3.63, 3.8) is 0 Å². The van der Waals surface area contributed by atoms with E-state index in [4.69, 9.17) is 15.2 Å². The van der Waals surface area contributed by atoms with E-state index in [1.807, 2.05) is 0 Å². The number of nitrogens with two attached hydrogens (primary N) is 1. The van der Waals surface area contributed by atoms with Gasteiger partial charge in [-0.2, -0.15) is 0 Å². The third kappa shape index (κ3) is 5.47. The Bertz CT molecular complexity index is 282. The van der Waals surface area contributed by atoms with Gasteiger partial charge in [0.2, 0.25) is 0 Å². The summed E-state index contributed by atoms with van der Waals surface area (Å²) < 4.78 is 10.3. The standard InChI is InChI=1S/C14H28N2O3/c1-4-19-13(17)14(2,15)8-5-6-9-16-10-7-12(11-16)18-3/h12H,4-11,15H2,1-3H3. The highest BCUT2D eigenvalue weighted by Crippen LogP contribution is 2.16. The normalized spacial score (nSPS) is 23.3. The Morgan fingerprint density at radius 1 is 1.47 bits per heavy atom. The molecular formula is C14H28N2O3. The van der Waals surface area contributed by atoms with E-state index in [0.717, 1.165) is 38.9 Å². The lowest BCUT2D eigenvalue weighted by Crippen LogP contribution is -2.46. The predicted octanol–water partition coefficient (Wildman–Crippen LogP) is 1.16. The molecule has 0 aromatic rings. The number of methoxy groups -OCH3 is 1. The molecule has 0 aromatic heterocycles. The predicted molar refractivity (Wildman–Crippen MR) is 74.9 cm³/mol. The maximum absolute atomic E-state index is 11.6. The van der Waals surface area contributed by atoms with Crippen molar-refractivity contribution in [3.8, 4) is 0 Å². The van der Waals surface area contributed by atoms with Crippen molar-refractivity contribution in [2.45, 2.75) is 51.2 Å². The summed E-state index contributed by atoms with van der Waals surface area (Å²) in [6, 6.07) is 0. The van der Waals surface area contributed by atoms with E-state index < -0.39 is 5.54 Å². The number of esters is 1. The van der Waals surface area contributed by atoms with E-state index in [1.165, 1.54) is 0 Å². The number of hydrogen-bond acceptors (Lipinski definition) is 5. The van der Waals surface area contributed by atoms with E-state index in [1.54, 1.807) is 21.0 Å². The molecule has 0 spiro atoms. The molecule has 2 unspecified atom stereocenters. The highest BCUT2D eigenvalue weighted by Gasteiger charge is 2.29. The minimum Gasteiger partial charge on any atom is -0.465 e. The van der Waals surface area contributed by atoms with E-state index in [9.17, 15) is 4.79 Å². The average molecular weight is 272 g/mol. The van der Waals surface area contributed by atoms with Crippen LogP contribution in [0.1, 0.15) is 39.5 Å². The van der Waals surface area contributed by atoms with Crippen LogP contribution in [0.4, 0.5) is 0 Å². The molecule has 1 rings (SSSR count). The summed E-state index contributed by atoms with van der Waals surface area (Å²) in [7, 11) is 1.77. The van der Waals surface area contributed by atoms with Crippen molar-refractivity contribution < 1.29 is 14.3 Å². The largest absolute Gasteiger partial charge is 0.465 e. The second-order valence-corrected chi connectivity index (χ2v) is 5.54. The average Bonchev–Trinajstić information content (AvgIpc) is 2.83. The quantitative estimate of drug-likeness (QED) is 0.530. The fraction of sp³-hybridized carbons (Fsp3) is 0.929. The lowest BCUT2D eigenvalue weighted by molar-refractivity contribution is -0.149. The molecule has 5 nitrogen and oxygen atoms in total. The second-order valence-electron chi connectivity index (χ2n) is 5.54. The molecule has 1 aliphatic rings. The summed E-state index contributed by atoms with van der Waals surface area (Å²) in [4.78, 5) is 14.0. The van der Waals surface area contributed by atoms with Crippen molar-refractivity contribution in [3.05, 3.63) is 0 Å². The van der Waals surface area contributed by atoms with Crippen LogP contribution in [0.5, 0.6) is 0 Å². The summed E-state index contributed by atoms with van der Waals surface area (Å²) in [5.41, 5.74) is 5.12. The van der Waals surface area contributed by atoms with E-state index >= 15 is 0 Å². The molecule has 2 N–H and O–H groups in total. The van der Waals surface area contributed by atoms with Gasteiger partial charge in [0.15, 0.2) is 0 Å². The molecule has 1 fully saturated rings. The molecule has 5 heteroatoms. The molecule has 0 aliphatic carbocycles. The number of hydrogen-bond donors (Lipinski definition) is 1. The first-order valence-corrected chi connectivity index (χ1v) is 7.21. The van der Waals surface area contributed by atoms with Crippen LogP contribution in [0.25, 0.3) is 0 Å². The SMILES string of the molecule is CCOC(=O)C(C)(N)CCCCN1CCC(OC)C1. The summed E-state index contributed by atoms with van der Waals surface area (Å²) in [6.07, 6.45) is 4.18. The molecule has 112 valence electrons. The van der Waals surface area contributed by atoms with Crippen LogP contribution in [-0.4, -0.2) is 55.9 Å². The number of nitrogens with zero attached hydrogens (tertiary/aromatic N) is 1. The number of ether oxygens (including phenoxy) is 2. The molecule has 1 aliphatic heterocycles. The first-order valence-electron chi connectivity index (χ1n) is 7.21. The Balaban J connectivity index is 2.15. The van der Waals surface area contributed by atoms with E-state index in [0.29, 0.717) is 19.1 Å². The minimum absolute atomic E-state index is 0.296. The maximum Gasteiger partial charge on any atom is 0.325 e. The van der Waals surface area contributed by atoms with Crippen LogP contribution in [0, 0.1) is 0 Å². The van der Waals surface area contributed by atoms with Crippen LogP contribution in [-0.2, 0) is 14.3 Å². The van der Waals surface area contributed by atoms with Gasteiger partial charge < -0.3 is 20.1 Å². The van der Waals surface area contributed by atoms with Gasteiger partial charge >= 0.3 is 5.97 Å². The van der Waals surface area contributed by atoms with Gasteiger partial charge in [0.05, 0.1) is 12.7 Å². The Kier molecular flexibility index (Phi) is 6.75.